The molecule has 0 spiro atoms. The lowest BCUT2D eigenvalue weighted by Gasteiger charge is -2.15. The Kier molecular flexibility index (Phi) is 38.4. The molecule has 6 nitrogen and oxygen atoms in total. The molecule has 0 aromatic rings. The summed E-state index contributed by atoms with van der Waals surface area (Å²) >= 11 is 0. The summed E-state index contributed by atoms with van der Waals surface area (Å²) in [5.41, 5.74) is 0. The fourth-order valence-corrected chi connectivity index (χ4v) is 5.86. The number of esters is 2. The minimum Gasteiger partial charge on any atom is -0.462 e. The van der Waals surface area contributed by atoms with Crippen molar-refractivity contribution < 1.29 is 29.0 Å². The lowest BCUT2D eigenvalue weighted by molar-refractivity contribution is -0.161. The second-order valence-electron chi connectivity index (χ2n) is 14.1. The van der Waals surface area contributed by atoms with Crippen LogP contribution in [0.1, 0.15) is 200 Å². The van der Waals surface area contributed by atoms with E-state index in [-0.39, 0.29) is 37.4 Å². The van der Waals surface area contributed by atoms with Gasteiger partial charge in [-0.3, -0.25) is 14.4 Å². The summed E-state index contributed by atoms with van der Waals surface area (Å²) in [6.45, 7) is 3.94. The molecule has 0 bridgehead atoms. The van der Waals surface area contributed by atoms with Gasteiger partial charge in [0.2, 0.25) is 0 Å². The van der Waals surface area contributed by atoms with Crippen LogP contribution in [0.25, 0.3) is 0 Å². The van der Waals surface area contributed by atoms with Gasteiger partial charge in [-0.1, -0.05) is 185 Å². The van der Waals surface area contributed by atoms with Gasteiger partial charge in [-0.05, 0) is 44.6 Å². The third-order valence-electron chi connectivity index (χ3n) is 9.10. The van der Waals surface area contributed by atoms with Crippen molar-refractivity contribution in [2.45, 2.75) is 206 Å². The number of ether oxygens (including phenoxy) is 2. The van der Waals surface area contributed by atoms with Crippen LogP contribution in [-0.2, 0) is 23.9 Å². The predicted octanol–water partition coefficient (Wildman–Crippen LogP) is 12.6. The molecule has 0 aliphatic heterocycles. The Bertz CT molecular complexity index is 918. The average molecular weight is 715 g/mol. The molecule has 0 unspecified atom stereocenters. The first-order chi connectivity index (χ1) is 25.0. The number of aliphatic hydroxyl groups is 1. The van der Waals surface area contributed by atoms with Crippen molar-refractivity contribution in [2.75, 3.05) is 13.2 Å². The van der Waals surface area contributed by atoms with Crippen LogP contribution < -0.4 is 0 Å². The number of unbranched alkanes of at least 4 members (excludes halogenated alkanes) is 21. The highest BCUT2D eigenvalue weighted by Gasteiger charge is 2.16. The van der Waals surface area contributed by atoms with Crippen molar-refractivity contribution in [3.8, 4) is 0 Å². The maximum Gasteiger partial charge on any atom is 0.306 e. The molecule has 0 saturated heterocycles. The predicted molar refractivity (Wildman–Crippen MR) is 215 cm³/mol. The molecule has 0 amide bonds. The Hall–Kier alpha value is -2.47. The minimum absolute atomic E-state index is 0.111. The van der Waals surface area contributed by atoms with Gasteiger partial charge in [-0.15, -0.1) is 0 Å². The number of rotatable bonds is 38. The van der Waals surface area contributed by atoms with Crippen molar-refractivity contribution in [1.82, 2.24) is 0 Å². The summed E-state index contributed by atoms with van der Waals surface area (Å²) in [4.78, 5) is 35.9. The first-order valence-corrected chi connectivity index (χ1v) is 21.1. The van der Waals surface area contributed by atoms with Crippen molar-refractivity contribution >= 4 is 17.7 Å². The number of ketones is 1. The smallest absolute Gasteiger partial charge is 0.306 e. The topological polar surface area (TPSA) is 89.9 Å². The van der Waals surface area contributed by atoms with Crippen LogP contribution >= 0.6 is 0 Å². The number of allylic oxidation sites excluding steroid dienone is 8. The number of carbonyl (C=O) groups excluding carboxylic acids is 3. The number of aliphatic hydroxyl groups excluding tert-OH is 1. The van der Waals surface area contributed by atoms with Crippen LogP contribution in [0.5, 0.6) is 0 Å². The van der Waals surface area contributed by atoms with Gasteiger partial charge in [0.1, 0.15) is 6.61 Å². The third-order valence-corrected chi connectivity index (χ3v) is 9.10. The average Bonchev–Trinajstić information content (AvgIpc) is 3.13. The summed E-state index contributed by atoms with van der Waals surface area (Å²) in [6, 6.07) is 0. The normalized spacial score (nSPS) is 12.5. The van der Waals surface area contributed by atoms with E-state index < -0.39 is 6.10 Å². The van der Waals surface area contributed by atoms with E-state index in [9.17, 15) is 19.5 Å². The van der Waals surface area contributed by atoms with E-state index in [1.54, 1.807) is 6.08 Å². The standard InChI is InChI=1S/C45H78O6/c1-3-5-7-8-9-10-11-12-13-14-15-16-17-18-21-25-28-31-35-39-45(49)51-43(40-46)41-50-44(48)38-34-30-27-24-22-19-20-23-26-29-33-37-42(47)36-32-6-4-2/h19-20,24,26-27,29,33,37,43,46H,3-18,21-23,25,28,30-32,34-36,38-41H2,1-2H3/b20-19-,27-24-,29-26-,37-33+/t43-/m0/s1. The van der Waals surface area contributed by atoms with Crippen LogP contribution in [0.4, 0.5) is 0 Å². The van der Waals surface area contributed by atoms with Crippen molar-refractivity contribution in [1.29, 1.82) is 0 Å². The maximum atomic E-state index is 12.2. The molecule has 0 aliphatic carbocycles. The highest BCUT2D eigenvalue weighted by atomic mass is 16.6. The van der Waals surface area contributed by atoms with Crippen LogP contribution in [0.15, 0.2) is 48.6 Å². The zero-order valence-corrected chi connectivity index (χ0v) is 33.1. The summed E-state index contributed by atoms with van der Waals surface area (Å²) < 4.78 is 10.6. The Balaban J connectivity index is 3.65. The minimum atomic E-state index is -0.808. The van der Waals surface area contributed by atoms with Crippen LogP contribution in [0, 0.1) is 0 Å². The second kappa shape index (κ2) is 40.3. The highest BCUT2D eigenvalue weighted by molar-refractivity contribution is 5.89. The van der Waals surface area contributed by atoms with Crippen LogP contribution in [0.3, 0.4) is 0 Å². The van der Waals surface area contributed by atoms with Gasteiger partial charge in [0.25, 0.3) is 0 Å². The molecule has 0 aromatic carbocycles. The van der Waals surface area contributed by atoms with Gasteiger partial charge in [0.15, 0.2) is 11.9 Å². The van der Waals surface area contributed by atoms with Crippen molar-refractivity contribution in [3.05, 3.63) is 48.6 Å². The van der Waals surface area contributed by atoms with Gasteiger partial charge >= 0.3 is 11.9 Å². The number of hydrogen-bond donors (Lipinski definition) is 1. The van der Waals surface area contributed by atoms with E-state index in [4.69, 9.17) is 9.47 Å². The largest absolute Gasteiger partial charge is 0.462 e. The van der Waals surface area contributed by atoms with Crippen LogP contribution in [-0.4, -0.2) is 42.1 Å². The molecular formula is C45H78O6. The lowest BCUT2D eigenvalue weighted by atomic mass is 10.0. The summed E-state index contributed by atoms with van der Waals surface area (Å²) in [5.74, 6) is -0.498. The fraction of sp³-hybridized carbons (Fsp3) is 0.756. The van der Waals surface area contributed by atoms with E-state index >= 15 is 0 Å². The zero-order chi connectivity index (χ0) is 37.3. The molecule has 0 aliphatic rings. The van der Waals surface area contributed by atoms with E-state index in [0.29, 0.717) is 19.3 Å². The zero-order valence-electron chi connectivity index (χ0n) is 33.1. The summed E-state index contributed by atoms with van der Waals surface area (Å²) in [6.07, 6.45) is 47.3. The van der Waals surface area contributed by atoms with E-state index in [2.05, 4.69) is 38.2 Å². The molecule has 51 heavy (non-hydrogen) atoms. The first kappa shape index (κ1) is 48.5. The molecular weight excluding hydrogens is 636 g/mol. The third kappa shape index (κ3) is 38.6. The van der Waals surface area contributed by atoms with E-state index in [1.807, 2.05) is 18.2 Å². The molecule has 0 fully saturated rings. The van der Waals surface area contributed by atoms with Gasteiger partial charge < -0.3 is 14.6 Å². The second-order valence-corrected chi connectivity index (χ2v) is 14.1. The van der Waals surface area contributed by atoms with Crippen molar-refractivity contribution in [2.24, 2.45) is 0 Å². The molecule has 1 N–H and O–H groups in total. The van der Waals surface area contributed by atoms with Crippen LogP contribution in [0.2, 0.25) is 0 Å². The number of carbonyl (C=O) groups is 3. The Morgan fingerprint density at radius 3 is 1.51 bits per heavy atom. The highest BCUT2D eigenvalue weighted by Crippen LogP contribution is 2.15. The molecule has 294 valence electrons. The summed E-state index contributed by atoms with van der Waals surface area (Å²) in [5, 5.41) is 9.56. The molecule has 0 saturated carbocycles. The molecule has 0 heterocycles. The maximum absolute atomic E-state index is 12.2. The van der Waals surface area contributed by atoms with Gasteiger partial charge in [0.05, 0.1) is 6.61 Å². The van der Waals surface area contributed by atoms with Gasteiger partial charge in [-0.25, -0.2) is 0 Å². The molecule has 0 rings (SSSR count). The molecule has 6 heteroatoms. The monoisotopic (exact) mass is 715 g/mol. The fourth-order valence-electron chi connectivity index (χ4n) is 5.86. The van der Waals surface area contributed by atoms with Crippen molar-refractivity contribution in [3.63, 3.8) is 0 Å². The Morgan fingerprint density at radius 1 is 0.510 bits per heavy atom. The van der Waals surface area contributed by atoms with E-state index in [1.165, 1.54) is 103 Å². The number of hydrogen-bond acceptors (Lipinski definition) is 6. The SMILES string of the molecule is CCCCCCCCCCCCCCCCCCCCCC(=O)O[C@@H](CO)COC(=O)CCC/C=C\C/C=C\C/C=C\C=C\C(=O)CCCCC. The Labute approximate surface area is 314 Å². The lowest BCUT2D eigenvalue weighted by Crippen LogP contribution is -2.28. The van der Waals surface area contributed by atoms with Gasteiger partial charge in [0, 0.05) is 19.3 Å². The Morgan fingerprint density at radius 2 is 0.961 bits per heavy atom. The molecule has 0 radical (unpaired) electrons. The van der Waals surface area contributed by atoms with Gasteiger partial charge in [-0.2, -0.15) is 0 Å². The van der Waals surface area contributed by atoms with E-state index in [0.717, 1.165) is 57.8 Å². The quantitative estimate of drug-likeness (QED) is 0.0225. The first-order valence-electron chi connectivity index (χ1n) is 21.1. The molecule has 1 atom stereocenters. The summed E-state index contributed by atoms with van der Waals surface area (Å²) in [7, 11) is 0. The molecule has 0 aromatic heterocycles.